The van der Waals surface area contributed by atoms with Gasteiger partial charge in [-0.05, 0) is 17.0 Å². The Balaban J connectivity index is 2.18. The molecule has 1 saturated heterocycles. The Morgan fingerprint density at radius 1 is 1.25 bits per heavy atom. The van der Waals surface area contributed by atoms with Gasteiger partial charge in [-0.3, -0.25) is 0 Å². The molecule has 1 aliphatic rings. The molecule has 0 N–H and O–H groups in total. The summed E-state index contributed by atoms with van der Waals surface area (Å²) >= 11 is 0. The van der Waals surface area contributed by atoms with Crippen molar-refractivity contribution in [2.45, 2.75) is 25.9 Å². The minimum Gasteiger partial charge on any atom is -0.368 e. The van der Waals surface area contributed by atoms with Crippen LogP contribution < -0.4 is 0 Å². The van der Waals surface area contributed by atoms with Gasteiger partial charge in [0.1, 0.15) is 6.10 Å². The molecule has 1 aromatic rings. The maximum absolute atomic E-state index is 5.19. The van der Waals surface area contributed by atoms with Gasteiger partial charge >= 0.3 is 0 Å². The van der Waals surface area contributed by atoms with Gasteiger partial charge < -0.3 is 4.74 Å². The number of hydrogen-bond acceptors (Lipinski definition) is 1. The fourth-order valence-electron chi connectivity index (χ4n) is 1.34. The first-order valence-corrected chi connectivity index (χ1v) is 4.49. The molecule has 0 unspecified atom stereocenters. The summed E-state index contributed by atoms with van der Waals surface area (Å²) < 4.78 is 5.19. The van der Waals surface area contributed by atoms with Gasteiger partial charge in [-0.2, -0.15) is 0 Å². The maximum Gasteiger partial charge on any atom is 0.106 e. The van der Waals surface area contributed by atoms with Crippen molar-refractivity contribution in [1.82, 2.24) is 0 Å². The molecule has 1 heterocycles. The second-order valence-electron chi connectivity index (χ2n) is 3.64. The first-order valence-electron chi connectivity index (χ1n) is 4.49. The van der Waals surface area contributed by atoms with Crippen LogP contribution in [0, 0.1) is 0 Å². The maximum atomic E-state index is 5.19. The van der Waals surface area contributed by atoms with Crippen molar-refractivity contribution in [3.63, 3.8) is 0 Å². The molecule has 0 spiro atoms. The minimum absolute atomic E-state index is 0.395. The van der Waals surface area contributed by atoms with Gasteiger partial charge in [0, 0.05) is 0 Å². The van der Waals surface area contributed by atoms with E-state index in [0.717, 1.165) is 6.61 Å². The van der Waals surface area contributed by atoms with E-state index in [1.165, 1.54) is 11.1 Å². The molecule has 1 heteroatoms. The fourth-order valence-corrected chi connectivity index (χ4v) is 1.34. The molecule has 0 radical (unpaired) electrons. The zero-order chi connectivity index (χ0) is 8.55. The van der Waals surface area contributed by atoms with Crippen LogP contribution in [0.25, 0.3) is 0 Å². The zero-order valence-corrected chi connectivity index (χ0v) is 7.58. The van der Waals surface area contributed by atoms with Crippen molar-refractivity contribution < 1.29 is 4.74 Å². The van der Waals surface area contributed by atoms with Gasteiger partial charge in [0.15, 0.2) is 0 Å². The van der Waals surface area contributed by atoms with Gasteiger partial charge in [-0.15, -0.1) is 0 Å². The Bertz CT molecular complexity index is 236. The Hall–Kier alpha value is -0.820. The molecule has 2 rings (SSSR count). The molecular formula is C11H14O. The van der Waals surface area contributed by atoms with E-state index in [2.05, 4.69) is 38.1 Å². The molecule has 1 fully saturated rings. The van der Waals surface area contributed by atoms with Crippen LogP contribution in [0.5, 0.6) is 0 Å². The van der Waals surface area contributed by atoms with Crippen LogP contribution in [-0.4, -0.2) is 6.61 Å². The fraction of sp³-hybridized carbons (Fsp3) is 0.455. The number of epoxide rings is 1. The number of ether oxygens (including phenoxy) is 1. The third kappa shape index (κ3) is 1.51. The summed E-state index contributed by atoms with van der Waals surface area (Å²) in [7, 11) is 0. The Morgan fingerprint density at radius 2 is 1.83 bits per heavy atom. The highest BCUT2D eigenvalue weighted by Gasteiger charge is 2.24. The Labute approximate surface area is 73.4 Å². The molecule has 1 nitrogen and oxygen atoms in total. The predicted octanol–water partition coefficient (Wildman–Crippen LogP) is 2.88. The number of rotatable bonds is 2. The SMILES string of the molecule is CC(C)c1ccc([C@H]2CO2)cc1. The smallest absolute Gasteiger partial charge is 0.106 e. The molecular weight excluding hydrogens is 148 g/mol. The van der Waals surface area contributed by atoms with Crippen LogP contribution >= 0.6 is 0 Å². The van der Waals surface area contributed by atoms with E-state index in [4.69, 9.17) is 4.74 Å². The molecule has 0 aromatic heterocycles. The molecule has 12 heavy (non-hydrogen) atoms. The van der Waals surface area contributed by atoms with E-state index in [-0.39, 0.29) is 0 Å². The van der Waals surface area contributed by atoms with Crippen LogP contribution in [0.4, 0.5) is 0 Å². The van der Waals surface area contributed by atoms with Crippen LogP contribution in [0.1, 0.15) is 37.0 Å². The van der Waals surface area contributed by atoms with Gasteiger partial charge in [0.2, 0.25) is 0 Å². The lowest BCUT2D eigenvalue weighted by Crippen LogP contribution is -1.87. The largest absolute Gasteiger partial charge is 0.368 e. The molecule has 0 aliphatic carbocycles. The summed E-state index contributed by atoms with van der Waals surface area (Å²) in [5, 5.41) is 0. The van der Waals surface area contributed by atoms with Crippen molar-refractivity contribution in [1.29, 1.82) is 0 Å². The highest BCUT2D eigenvalue weighted by molar-refractivity contribution is 5.27. The second-order valence-corrected chi connectivity index (χ2v) is 3.64. The first-order chi connectivity index (χ1) is 5.77. The van der Waals surface area contributed by atoms with E-state index >= 15 is 0 Å². The standard InChI is InChI=1S/C11H14O/c1-8(2)9-3-5-10(6-4-9)11-7-12-11/h3-6,8,11H,7H2,1-2H3/t11-/m1/s1. The zero-order valence-electron chi connectivity index (χ0n) is 7.58. The lowest BCUT2D eigenvalue weighted by molar-refractivity contribution is 0.415. The van der Waals surface area contributed by atoms with E-state index in [0.29, 0.717) is 12.0 Å². The van der Waals surface area contributed by atoms with E-state index < -0.39 is 0 Å². The van der Waals surface area contributed by atoms with Crippen LogP contribution in [0.15, 0.2) is 24.3 Å². The number of benzene rings is 1. The van der Waals surface area contributed by atoms with E-state index in [1.54, 1.807) is 0 Å². The quantitative estimate of drug-likeness (QED) is 0.609. The first kappa shape index (κ1) is 7.81. The lowest BCUT2D eigenvalue weighted by Gasteiger charge is -2.04. The highest BCUT2D eigenvalue weighted by atomic mass is 16.6. The summed E-state index contributed by atoms with van der Waals surface area (Å²) in [5.41, 5.74) is 2.72. The van der Waals surface area contributed by atoms with Gasteiger partial charge in [-0.1, -0.05) is 38.1 Å². The summed E-state index contributed by atoms with van der Waals surface area (Å²) in [6.45, 7) is 5.33. The normalized spacial score (nSPS) is 21.4. The van der Waals surface area contributed by atoms with Gasteiger partial charge in [-0.25, -0.2) is 0 Å². The monoisotopic (exact) mass is 162 g/mol. The van der Waals surface area contributed by atoms with Gasteiger partial charge in [0.25, 0.3) is 0 Å². The molecule has 0 amide bonds. The molecule has 0 saturated carbocycles. The average molecular weight is 162 g/mol. The Kier molecular flexibility index (Phi) is 1.89. The number of hydrogen-bond donors (Lipinski definition) is 0. The van der Waals surface area contributed by atoms with Crippen molar-refractivity contribution in [2.75, 3.05) is 6.61 Å². The lowest BCUT2D eigenvalue weighted by atomic mass is 10.0. The van der Waals surface area contributed by atoms with Crippen LogP contribution in [0.2, 0.25) is 0 Å². The minimum atomic E-state index is 0.395. The predicted molar refractivity (Wildman–Crippen MR) is 49.2 cm³/mol. The third-order valence-electron chi connectivity index (χ3n) is 2.31. The third-order valence-corrected chi connectivity index (χ3v) is 2.31. The van der Waals surface area contributed by atoms with E-state index in [9.17, 15) is 0 Å². The summed E-state index contributed by atoms with van der Waals surface area (Å²) in [5.74, 6) is 0.624. The summed E-state index contributed by atoms with van der Waals surface area (Å²) in [4.78, 5) is 0. The van der Waals surface area contributed by atoms with E-state index in [1.807, 2.05) is 0 Å². The van der Waals surface area contributed by atoms with Crippen molar-refractivity contribution >= 4 is 0 Å². The van der Waals surface area contributed by atoms with Crippen molar-refractivity contribution in [2.24, 2.45) is 0 Å². The van der Waals surface area contributed by atoms with Crippen molar-refractivity contribution in [3.8, 4) is 0 Å². The molecule has 1 atom stereocenters. The van der Waals surface area contributed by atoms with Gasteiger partial charge in [0.05, 0.1) is 6.61 Å². The summed E-state index contributed by atoms with van der Waals surface area (Å²) in [6.07, 6.45) is 0.395. The molecule has 64 valence electrons. The van der Waals surface area contributed by atoms with Crippen molar-refractivity contribution in [3.05, 3.63) is 35.4 Å². The second kappa shape index (κ2) is 2.91. The summed E-state index contributed by atoms with van der Waals surface area (Å²) in [6, 6.07) is 8.74. The Morgan fingerprint density at radius 3 is 2.25 bits per heavy atom. The highest BCUT2D eigenvalue weighted by Crippen LogP contribution is 2.30. The molecule has 0 bridgehead atoms. The average Bonchev–Trinajstić information content (AvgIpc) is 2.87. The molecule has 1 aromatic carbocycles. The van der Waals surface area contributed by atoms with Crippen LogP contribution in [-0.2, 0) is 4.74 Å². The topological polar surface area (TPSA) is 12.5 Å². The molecule has 1 aliphatic heterocycles. The van der Waals surface area contributed by atoms with Crippen LogP contribution in [0.3, 0.4) is 0 Å².